The molecule has 4 nitrogen and oxygen atoms in total. The predicted molar refractivity (Wildman–Crippen MR) is 74.6 cm³/mol. The number of rotatable bonds is 5. The lowest BCUT2D eigenvalue weighted by Gasteiger charge is -2.23. The van der Waals surface area contributed by atoms with Gasteiger partial charge in [0.05, 0.1) is 17.8 Å². The first-order valence-electron chi connectivity index (χ1n) is 6.61. The zero-order valence-corrected chi connectivity index (χ0v) is 11.4. The summed E-state index contributed by atoms with van der Waals surface area (Å²) in [4.78, 5) is 14.0. The van der Waals surface area contributed by atoms with E-state index < -0.39 is 0 Å². The van der Waals surface area contributed by atoms with Crippen LogP contribution in [-0.4, -0.2) is 30.4 Å². The van der Waals surface area contributed by atoms with Crippen molar-refractivity contribution in [1.82, 2.24) is 4.90 Å². The van der Waals surface area contributed by atoms with Crippen LogP contribution >= 0.6 is 0 Å². The third kappa shape index (κ3) is 3.55. The van der Waals surface area contributed by atoms with Crippen LogP contribution in [0.2, 0.25) is 0 Å². The number of hydrogen-bond acceptors (Lipinski definition) is 3. The summed E-state index contributed by atoms with van der Waals surface area (Å²) < 4.78 is 0. The van der Waals surface area contributed by atoms with E-state index in [1.807, 2.05) is 13.1 Å². The van der Waals surface area contributed by atoms with Gasteiger partial charge in [0.1, 0.15) is 6.07 Å². The Kier molecular flexibility index (Phi) is 4.18. The molecule has 19 heavy (non-hydrogen) atoms. The number of nitrogens with zero attached hydrogens (tertiary/aromatic N) is 2. The number of hydrogen-bond donors (Lipinski definition) is 1. The van der Waals surface area contributed by atoms with Crippen molar-refractivity contribution in [3.63, 3.8) is 0 Å². The van der Waals surface area contributed by atoms with Crippen LogP contribution in [0, 0.1) is 17.2 Å². The van der Waals surface area contributed by atoms with E-state index in [0.29, 0.717) is 23.8 Å². The van der Waals surface area contributed by atoms with E-state index in [1.165, 1.54) is 12.8 Å². The van der Waals surface area contributed by atoms with E-state index in [0.717, 1.165) is 5.92 Å². The molecule has 1 aliphatic carbocycles. The van der Waals surface area contributed by atoms with E-state index in [-0.39, 0.29) is 5.91 Å². The summed E-state index contributed by atoms with van der Waals surface area (Å²) in [7, 11) is 1.97. The molecule has 0 bridgehead atoms. The third-order valence-electron chi connectivity index (χ3n) is 3.71. The molecule has 1 aromatic rings. The maximum absolute atomic E-state index is 12.0. The molecular weight excluding hydrogens is 238 g/mol. The number of amides is 1. The lowest BCUT2D eigenvalue weighted by atomic mass is 10.2. The smallest absolute Gasteiger partial charge is 0.238 e. The van der Waals surface area contributed by atoms with E-state index in [2.05, 4.69) is 23.2 Å². The molecule has 0 aromatic heterocycles. The minimum absolute atomic E-state index is 0.0716. The molecule has 1 aromatic carbocycles. The summed E-state index contributed by atoms with van der Waals surface area (Å²) in [5.41, 5.74) is 1.08. The van der Waals surface area contributed by atoms with Gasteiger partial charge in [-0.05, 0) is 44.9 Å². The highest BCUT2D eigenvalue weighted by Crippen LogP contribution is 2.34. The Hall–Kier alpha value is -1.86. The fraction of sp³-hybridized carbons (Fsp3) is 0.467. The summed E-state index contributed by atoms with van der Waals surface area (Å²) in [6, 6.07) is 9.57. The van der Waals surface area contributed by atoms with Gasteiger partial charge >= 0.3 is 0 Å². The highest BCUT2D eigenvalue weighted by Gasteiger charge is 2.30. The molecule has 1 N–H and O–H groups in total. The standard InChI is InChI=1S/C15H19N3O/c1-11(12-7-8-12)18(2)10-15(19)17-14-6-4-3-5-13(14)9-16/h3-6,11-12H,7-8,10H2,1-2H3,(H,17,19). The Bertz CT molecular complexity index is 502. The summed E-state index contributed by atoms with van der Waals surface area (Å²) in [6.45, 7) is 2.52. The van der Waals surface area contributed by atoms with Crippen molar-refractivity contribution in [3.8, 4) is 6.07 Å². The molecule has 1 fully saturated rings. The number of carbonyl (C=O) groups is 1. The first kappa shape index (κ1) is 13.6. The van der Waals surface area contributed by atoms with Gasteiger partial charge in [0.2, 0.25) is 5.91 Å². The van der Waals surface area contributed by atoms with Crippen LogP contribution in [0.4, 0.5) is 5.69 Å². The Labute approximate surface area is 114 Å². The minimum atomic E-state index is -0.0716. The number of nitrogens with one attached hydrogen (secondary N) is 1. The van der Waals surface area contributed by atoms with Gasteiger partial charge in [0.25, 0.3) is 0 Å². The van der Waals surface area contributed by atoms with Gasteiger partial charge in [-0.1, -0.05) is 12.1 Å². The van der Waals surface area contributed by atoms with Crippen molar-refractivity contribution in [2.45, 2.75) is 25.8 Å². The molecule has 100 valence electrons. The maximum Gasteiger partial charge on any atom is 0.238 e. The topological polar surface area (TPSA) is 56.1 Å². The molecule has 2 rings (SSSR count). The highest BCUT2D eigenvalue weighted by atomic mass is 16.2. The van der Waals surface area contributed by atoms with Crippen molar-refractivity contribution in [1.29, 1.82) is 5.26 Å². The highest BCUT2D eigenvalue weighted by molar-refractivity contribution is 5.93. The number of likely N-dealkylation sites (N-methyl/N-ethyl adjacent to an activating group) is 1. The van der Waals surface area contributed by atoms with Crippen molar-refractivity contribution in [2.75, 3.05) is 18.9 Å². The van der Waals surface area contributed by atoms with Crippen LogP contribution in [0.15, 0.2) is 24.3 Å². The van der Waals surface area contributed by atoms with Gasteiger partial charge in [0, 0.05) is 6.04 Å². The molecule has 4 heteroatoms. The van der Waals surface area contributed by atoms with Crippen LogP contribution < -0.4 is 5.32 Å². The Morgan fingerprint density at radius 1 is 1.53 bits per heavy atom. The molecule has 1 atom stereocenters. The van der Waals surface area contributed by atoms with Crippen molar-refractivity contribution in [3.05, 3.63) is 29.8 Å². The monoisotopic (exact) mass is 257 g/mol. The summed E-state index contributed by atoms with van der Waals surface area (Å²) in [5.74, 6) is 0.668. The van der Waals surface area contributed by atoms with Gasteiger partial charge in [0.15, 0.2) is 0 Å². The third-order valence-corrected chi connectivity index (χ3v) is 3.71. The quantitative estimate of drug-likeness (QED) is 0.880. The lowest BCUT2D eigenvalue weighted by molar-refractivity contribution is -0.117. The molecule has 1 unspecified atom stereocenters. The molecule has 1 aliphatic rings. The average Bonchev–Trinajstić information content (AvgIpc) is 3.22. The van der Waals surface area contributed by atoms with Gasteiger partial charge < -0.3 is 5.32 Å². The molecule has 0 aliphatic heterocycles. The second-order valence-corrected chi connectivity index (χ2v) is 5.20. The average molecular weight is 257 g/mol. The SMILES string of the molecule is CC(C1CC1)N(C)CC(=O)Nc1ccccc1C#N. The van der Waals surface area contributed by atoms with Gasteiger partial charge in [-0.2, -0.15) is 5.26 Å². The number of nitriles is 1. The largest absolute Gasteiger partial charge is 0.324 e. The van der Waals surface area contributed by atoms with E-state index in [9.17, 15) is 4.79 Å². The number of anilines is 1. The van der Waals surface area contributed by atoms with E-state index >= 15 is 0 Å². The maximum atomic E-state index is 12.0. The summed E-state index contributed by atoms with van der Waals surface area (Å²) >= 11 is 0. The first-order valence-corrected chi connectivity index (χ1v) is 6.61. The fourth-order valence-electron chi connectivity index (χ4n) is 2.19. The number of carbonyl (C=O) groups excluding carboxylic acids is 1. The fourth-order valence-corrected chi connectivity index (χ4v) is 2.19. The van der Waals surface area contributed by atoms with Crippen LogP contribution in [0.25, 0.3) is 0 Å². The van der Waals surface area contributed by atoms with Crippen molar-refractivity contribution in [2.24, 2.45) is 5.92 Å². The van der Waals surface area contributed by atoms with E-state index in [1.54, 1.807) is 18.2 Å². The van der Waals surface area contributed by atoms with Crippen LogP contribution in [0.1, 0.15) is 25.3 Å². The zero-order chi connectivity index (χ0) is 13.8. The van der Waals surface area contributed by atoms with Crippen LogP contribution in [0.5, 0.6) is 0 Å². The van der Waals surface area contributed by atoms with Crippen LogP contribution in [-0.2, 0) is 4.79 Å². The summed E-state index contributed by atoms with van der Waals surface area (Å²) in [6.07, 6.45) is 2.54. The first-order chi connectivity index (χ1) is 9.11. The number of benzene rings is 1. The minimum Gasteiger partial charge on any atom is -0.324 e. The molecule has 0 saturated heterocycles. The Morgan fingerprint density at radius 3 is 2.84 bits per heavy atom. The Balaban J connectivity index is 1.92. The molecule has 1 saturated carbocycles. The normalized spacial score (nSPS) is 15.9. The molecule has 0 radical (unpaired) electrons. The van der Waals surface area contributed by atoms with Crippen LogP contribution in [0.3, 0.4) is 0 Å². The Morgan fingerprint density at radius 2 is 2.21 bits per heavy atom. The predicted octanol–water partition coefficient (Wildman–Crippen LogP) is 2.23. The van der Waals surface area contributed by atoms with Gasteiger partial charge in [-0.25, -0.2) is 0 Å². The second-order valence-electron chi connectivity index (χ2n) is 5.20. The molecule has 0 heterocycles. The zero-order valence-electron chi connectivity index (χ0n) is 11.4. The molecule has 0 spiro atoms. The summed E-state index contributed by atoms with van der Waals surface area (Å²) in [5, 5.41) is 11.8. The second kappa shape index (κ2) is 5.85. The van der Waals surface area contributed by atoms with E-state index in [4.69, 9.17) is 5.26 Å². The lowest BCUT2D eigenvalue weighted by Crippen LogP contribution is -2.37. The molecular formula is C15H19N3O. The number of para-hydroxylation sites is 1. The van der Waals surface area contributed by atoms with Gasteiger partial charge in [-0.3, -0.25) is 9.69 Å². The molecule has 1 amide bonds. The van der Waals surface area contributed by atoms with Gasteiger partial charge in [-0.15, -0.1) is 0 Å². The van der Waals surface area contributed by atoms with Crippen molar-refractivity contribution >= 4 is 11.6 Å². The van der Waals surface area contributed by atoms with Crippen molar-refractivity contribution < 1.29 is 4.79 Å².